The molecule has 5 nitrogen and oxygen atoms in total. The quantitative estimate of drug-likeness (QED) is 0.681. The fraction of sp³-hybridized carbons (Fsp3) is 0.750. The summed E-state index contributed by atoms with van der Waals surface area (Å²) in [4.78, 5) is 7.19. The van der Waals surface area contributed by atoms with Crippen molar-refractivity contribution >= 4 is 17.7 Å². The molecule has 1 aromatic heterocycles. The van der Waals surface area contributed by atoms with Crippen LogP contribution >= 0.6 is 11.8 Å². The van der Waals surface area contributed by atoms with Crippen LogP contribution in [0.2, 0.25) is 0 Å². The summed E-state index contributed by atoms with van der Waals surface area (Å²) in [7, 11) is 0. The number of aliphatic imine (C=N–C) groups is 1. The third kappa shape index (κ3) is 4.41. The largest absolute Gasteiger partial charge is 0.361 e. The average Bonchev–Trinajstić information content (AvgIpc) is 2.77. The number of hydrogen-bond acceptors (Lipinski definition) is 4. The molecule has 0 bridgehead atoms. The molecule has 1 fully saturated rings. The summed E-state index contributed by atoms with van der Waals surface area (Å²) in [5.41, 5.74) is 2.17. The first-order valence-electron chi connectivity index (χ1n) is 8.02. The molecular formula is C16H28N4OS. The lowest BCUT2D eigenvalue weighted by Gasteiger charge is -2.39. The van der Waals surface area contributed by atoms with Gasteiger partial charge in [-0.1, -0.05) is 5.16 Å². The maximum absolute atomic E-state index is 5.22. The van der Waals surface area contributed by atoms with E-state index in [9.17, 15) is 0 Å². The molecule has 0 unspecified atom stereocenters. The Morgan fingerprint density at radius 3 is 2.82 bits per heavy atom. The normalized spacial score (nSPS) is 18.6. The standard InChI is InChI=1S/C16H28N4OS/c1-6-17-15(20-9-10-22-16(4,5)11-20)18-8-7-14-12(2)19-21-13(14)3/h6-11H2,1-5H3,(H,17,18). The number of nitrogens with one attached hydrogen (secondary N) is 1. The molecule has 0 amide bonds. The molecule has 0 radical (unpaired) electrons. The minimum absolute atomic E-state index is 0.288. The Hall–Kier alpha value is -1.17. The monoisotopic (exact) mass is 324 g/mol. The highest BCUT2D eigenvalue weighted by Gasteiger charge is 2.28. The second kappa shape index (κ2) is 7.40. The van der Waals surface area contributed by atoms with Crippen molar-refractivity contribution in [3.05, 3.63) is 17.0 Å². The van der Waals surface area contributed by atoms with E-state index in [2.05, 4.69) is 36.1 Å². The molecule has 0 atom stereocenters. The highest BCUT2D eigenvalue weighted by Crippen LogP contribution is 2.29. The minimum atomic E-state index is 0.288. The summed E-state index contributed by atoms with van der Waals surface area (Å²) in [6.45, 7) is 14.4. The lowest BCUT2D eigenvalue weighted by atomic mass is 10.1. The van der Waals surface area contributed by atoms with Crippen LogP contribution in [0.3, 0.4) is 0 Å². The summed E-state index contributed by atoms with van der Waals surface area (Å²) < 4.78 is 5.50. The number of rotatable bonds is 4. The molecule has 2 rings (SSSR count). The maximum atomic E-state index is 5.22. The van der Waals surface area contributed by atoms with Gasteiger partial charge in [-0.2, -0.15) is 11.8 Å². The van der Waals surface area contributed by atoms with Gasteiger partial charge in [-0.3, -0.25) is 4.99 Å². The Bertz CT molecular complexity index is 505. The Kier molecular flexibility index (Phi) is 5.78. The Labute approximate surface area is 137 Å². The second-order valence-electron chi connectivity index (χ2n) is 6.32. The number of aromatic nitrogens is 1. The van der Waals surface area contributed by atoms with E-state index in [1.165, 1.54) is 5.56 Å². The predicted molar refractivity (Wildman–Crippen MR) is 93.8 cm³/mol. The van der Waals surface area contributed by atoms with Crippen molar-refractivity contribution in [3.8, 4) is 0 Å². The van der Waals surface area contributed by atoms with Gasteiger partial charge in [-0.05, 0) is 41.0 Å². The van der Waals surface area contributed by atoms with Crippen LogP contribution in [0.1, 0.15) is 37.8 Å². The van der Waals surface area contributed by atoms with Crippen molar-refractivity contribution in [1.82, 2.24) is 15.4 Å². The summed E-state index contributed by atoms with van der Waals surface area (Å²) in [6.07, 6.45) is 0.877. The molecule has 0 aromatic carbocycles. The zero-order chi connectivity index (χ0) is 16.2. The van der Waals surface area contributed by atoms with Crippen LogP contribution in [-0.4, -0.2) is 52.7 Å². The van der Waals surface area contributed by atoms with E-state index in [0.717, 1.165) is 55.8 Å². The Morgan fingerprint density at radius 1 is 1.45 bits per heavy atom. The van der Waals surface area contributed by atoms with Gasteiger partial charge in [0.25, 0.3) is 0 Å². The third-order valence-electron chi connectivity index (χ3n) is 3.86. The van der Waals surface area contributed by atoms with Crippen LogP contribution in [0.5, 0.6) is 0 Å². The zero-order valence-electron chi connectivity index (χ0n) is 14.4. The van der Waals surface area contributed by atoms with E-state index in [0.29, 0.717) is 0 Å². The van der Waals surface area contributed by atoms with Crippen LogP contribution in [0, 0.1) is 13.8 Å². The lowest BCUT2D eigenvalue weighted by molar-refractivity contribution is 0.376. The van der Waals surface area contributed by atoms with Crippen LogP contribution < -0.4 is 5.32 Å². The Balaban J connectivity index is 2.01. The summed E-state index contributed by atoms with van der Waals surface area (Å²) in [6, 6.07) is 0. The SMILES string of the molecule is CCNC(=NCCc1c(C)noc1C)N1CCSC(C)(C)C1. The predicted octanol–water partition coefficient (Wildman–Crippen LogP) is 2.63. The lowest BCUT2D eigenvalue weighted by Crippen LogP contribution is -2.51. The molecule has 22 heavy (non-hydrogen) atoms. The molecule has 6 heteroatoms. The smallest absolute Gasteiger partial charge is 0.193 e. The van der Waals surface area contributed by atoms with Gasteiger partial charge in [-0.15, -0.1) is 0 Å². The van der Waals surface area contributed by atoms with Crippen molar-refractivity contribution in [2.45, 2.75) is 45.8 Å². The van der Waals surface area contributed by atoms with Crippen molar-refractivity contribution in [3.63, 3.8) is 0 Å². The number of nitrogens with zero attached hydrogens (tertiary/aromatic N) is 3. The minimum Gasteiger partial charge on any atom is -0.361 e. The van der Waals surface area contributed by atoms with Gasteiger partial charge in [0.2, 0.25) is 0 Å². The molecule has 2 heterocycles. The molecule has 124 valence electrons. The first kappa shape index (κ1) is 17.2. The summed E-state index contributed by atoms with van der Waals surface area (Å²) >= 11 is 2.04. The van der Waals surface area contributed by atoms with E-state index in [-0.39, 0.29) is 4.75 Å². The van der Waals surface area contributed by atoms with Gasteiger partial charge >= 0.3 is 0 Å². The highest BCUT2D eigenvalue weighted by atomic mass is 32.2. The second-order valence-corrected chi connectivity index (χ2v) is 8.12. The van der Waals surface area contributed by atoms with Crippen LogP contribution in [0.15, 0.2) is 9.52 Å². The van der Waals surface area contributed by atoms with Gasteiger partial charge in [-0.25, -0.2) is 0 Å². The number of hydrogen-bond donors (Lipinski definition) is 1. The van der Waals surface area contributed by atoms with Crippen molar-refractivity contribution in [1.29, 1.82) is 0 Å². The first-order valence-corrected chi connectivity index (χ1v) is 9.00. The van der Waals surface area contributed by atoms with Gasteiger partial charge in [0, 0.05) is 42.2 Å². The molecule has 0 aliphatic carbocycles. The maximum Gasteiger partial charge on any atom is 0.193 e. The molecule has 1 N–H and O–H groups in total. The first-order chi connectivity index (χ1) is 10.4. The van der Waals surface area contributed by atoms with Crippen molar-refractivity contribution in [2.75, 3.05) is 31.9 Å². The molecule has 0 saturated carbocycles. The van der Waals surface area contributed by atoms with E-state index in [4.69, 9.17) is 9.52 Å². The highest BCUT2D eigenvalue weighted by molar-refractivity contribution is 8.00. The van der Waals surface area contributed by atoms with E-state index in [1.807, 2.05) is 25.6 Å². The van der Waals surface area contributed by atoms with Gasteiger partial charge in [0.05, 0.1) is 5.69 Å². The van der Waals surface area contributed by atoms with Crippen LogP contribution in [0.25, 0.3) is 0 Å². The van der Waals surface area contributed by atoms with Gasteiger partial charge in [0.1, 0.15) is 5.76 Å². The fourth-order valence-corrected chi connectivity index (χ4v) is 3.87. The average molecular weight is 324 g/mol. The van der Waals surface area contributed by atoms with Gasteiger partial charge < -0.3 is 14.7 Å². The van der Waals surface area contributed by atoms with E-state index < -0.39 is 0 Å². The topological polar surface area (TPSA) is 53.7 Å². The van der Waals surface area contributed by atoms with Crippen LogP contribution in [-0.2, 0) is 6.42 Å². The molecule has 1 aliphatic rings. The molecule has 1 aromatic rings. The fourth-order valence-electron chi connectivity index (χ4n) is 2.76. The van der Waals surface area contributed by atoms with E-state index in [1.54, 1.807) is 0 Å². The van der Waals surface area contributed by atoms with Crippen molar-refractivity contribution < 1.29 is 4.52 Å². The zero-order valence-corrected chi connectivity index (χ0v) is 15.2. The van der Waals surface area contributed by atoms with Crippen molar-refractivity contribution in [2.24, 2.45) is 4.99 Å². The molecule has 1 saturated heterocycles. The third-order valence-corrected chi connectivity index (χ3v) is 5.16. The number of thioether (sulfide) groups is 1. The van der Waals surface area contributed by atoms with Crippen LogP contribution in [0.4, 0.5) is 0 Å². The summed E-state index contributed by atoms with van der Waals surface area (Å²) in [5, 5.41) is 7.43. The molecular weight excluding hydrogens is 296 g/mol. The van der Waals surface area contributed by atoms with E-state index >= 15 is 0 Å². The van der Waals surface area contributed by atoms with Gasteiger partial charge in [0.15, 0.2) is 5.96 Å². The summed E-state index contributed by atoms with van der Waals surface area (Å²) in [5.74, 6) is 3.09. The molecule has 1 aliphatic heterocycles. The Morgan fingerprint density at radius 2 is 2.23 bits per heavy atom. The molecule has 0 spiro atoms. The number of guanidine groups is 1. The number of aryl methyl sites for hydroxylation is 2.